The van der Waals surface area contributed by atoms with Gasteiger partial charge in [0.1, 0.15) is 0 Å². The van der Waals surface area contributed by atoms with Crippen LogP contribution in [0.3, 0.4) is 0 Å². The molecule has 0 saturated heterocycles. The van der Waals surface area contributed by atoms with E-state index in [1.807, 2.05) is 0 Å². The highest BCUT2D eigenvalue weighted by atomic mass is 19.4. The highest BCUT2D eigenvalue weighted by Crippen LogP contribution is 2.57. The van der Waals surface area contributed by atoms with E-state index in [0.29, 0.717) is 23.1 Å². The molecule has 2 heterocycles. The molecule has 0 bridgehead atoms. The van der Waals surface area contributed by atoms with E-state index in [1.165, 1.54) is 11.9 Å². The summed E-state index contributed by atoms with van der Waals surface area (Å²) in [7, 11) is 2.46. The van der Waals surface area contributed by atoms with Crippen molar-refractivity contribution in [1.29, 1.82) is 0 Å². The average Bonchev–Trinajstić information content (AvgIpc) is 3.08. The summed E-state index contributed by atoms with van der Waals surface area (Å²) in [6.45, 7) is -0.143. The van der Waals surface area contributed by atoms with E-state index in [0.717, 1.165) is 25.2 Å². The van der Waals surface area contributed by atoms with Crippen molar-refractivity contribution in [2.45, 2.75) is 24.3 Å². The lowest BCUT2D eigenvalue weighted by molar-refractivity contribution is -0.288. The van der Waals surface area contributed by atoms with Crippen molar-refractivity contribution in [2.24, 2.45) is 0 Å². The fourth-order valence-electron chi connectivity index (χ4n) is 4.28. The van der Waals surface area contributed by atoms with Gasteiger partial charge in [-0.25, -0.2) is 0 Å². The maximum atomic E-state index is 14.4. The Morgan fingerprint density at radius 2 is 1.19 bits per heavy atom. The van der Waals surface area contributed by atoms with E-state index in [1.54, 1.807) is 0 Å². The Labute approximate surface area is 177 Å². The maximum Gasteiger partial charge on any atom is 0.411 e. The number of hydrogen-bond acceptors (Lipinski definition) is 3. The first-order chi connectivity index (χ1) is 14.7. The van der Waals surface area contributed by atoms with E-state index >= 15 is 0 Å². The lowest BCUT2D eigenvalue weighted by Crippen LogP contribution is -2.54. The van der Waals surface area contributed by atoms with Crippen LogP contribution in [0.1, 0.15) is 47.8 Å². The van der Waals surface area contributed by atoms with Gasteiger partial charge in [0.25, 0.3) is 17.7 Å². The Morgan fingerprint density at radius 3 is 1.75 bits per heavy atom. The zero-order valence-corrected chi connectivity index (χ0v) is 16.6. The number of carbonyl (C=O) groups is 3. The van der Waals surface area contributed by atoms with Crippen LogP contribution in [0.15, 0.2) is 36.4 Å². The first-order valence-corrected chi connectivity index (χ1v) is 9.21. The summed E-state index contributed by atoms with van der Waals surface area (Å²) in [5, 5.41) is 0. The molecule has 0 atom stereocenters. The van der Waals surface area contributed by atoms with Gasteiger partial charge in [-0.1, -0.05) is 18.2 Å². The van der Waals surface area contributed by atoms with Gasteiger partial charge in [0.15, 0.2) is 0 Å². The molecule has 0 spiro atoms. The third-order valence-electron chi connectivity index (χ3n) is 5.90. The van der Waals surface area contributed by atoms with Crippen LogP contribution in [-0.4, -0.2) is 54.0 Å². The lowest BCUT2D eigenvalue weighted by Gasteiger charge is -2.38. The smallest absolute Gasteiger partial charge is 0.337 e. The summed E-state index contributed by atoms with van der Waals surface area (Å²) in [4.78, 5) is 38.1. The first-order valence-electron chi connectivity index (χ1n) is 9.21. The minimum atomic E-state index is -5.86. The van der Waals surface area contributed by atoms with E-state index in [-0.39, 0.29) is 23.2 Å². The molecule has 0 aliphatic carbocycles. The molecule has 4 rings (SSSR count). The monoisotopic (exact) mass is 456 g/mol. The van der Waals surface area contributed by atoms with Crippen molar-refractivity contribution >= 4 is 17.7 Å². The van der Waals surface area contributed by atoms with Gasteiger partial charge < -0.3 is 4.90 Å². The number of imide groups is 1. The molecule has 0 radical (unpaired) electrons. The molecule has 3 amide bonds. The largest absolute Gasteiger partial charge is 0.411 e. The van der Waals surface area contributed by atoms with Crippen molar-refractivity contribution < 1.29 is 40.7 Å². The summed E-state index contributed by atoms with van der Waals surface area (Å²) in [6, 6.07) is 4.14. The molecule has 0 N–H and O–H groups in total. The number of carbonyl (C=O) groups excluding carboxylic acids is 3. The van der Waals surface area contributed by atoms with Crippen LogP contribution >= 0.6 is 0 Å². The summed E-state index contributed by atoms with van der Waals surface area (Å²) < 4.78 is 86.3. The third-order valence-corrected chi connectivity index (χ3v) is 5.90. The van der Waals surface area contributed by atoms with Crippen LogP contribution < -0.4 is 0 Å². The lowest BCUT2D eigenvalue weighted by atomic mass is 9.71. The number of nitrogens with zero attached hydrogens (tertiary/aromatic N) is 2. The van der Waals surface area contributed by atoms with Gasteiger partial charge in [-0.05, 0) is 34.9 Å². The van der Waals surface area contributed by atoms with Crippen LogP contribution in [0, 0.1) is 0 Å². The quantitative estimate of drug-likeness (QED) is 0.509. The second-order valence-corrected chi connectivity index (χ2v) is 7.71. The zero-order chi connectivity index (χ0) is 23.8. The Hall–Kier alpha value is -3.37. The van der Waals surface area contributed by atoms with E-state index in [2.05, 4.69) is 0 Å². The highest BCUT2D eigenvalue weighted by Gasteiger charge is 2.72. The van der Waals surface area contributed by atoms with E-state index < -0.39 is 52.2 Å². The Balaban J connectivity index is 2.03. The fraction of sp³-hybridized carbons (Fsp3) is 0.286. The number of hydrogen-bond donors (Lipinski definition) is 0. The van der Waals surface area contributed by atoms with Crippen LogP contribution in [-0.2, 0) is 12.0 Å². The van der Waals surface area contributed by atoms with Crippen LogP contribution in [0.2, 0.25) is 0 Å². The fourth-order valence-corrected chi connectivity index (χ4v) is 4.28. The van der Waals surface area contributed by atoms with Crippen molar-refractivity contribution in [3.63, 3.8) is 0 Å². The van der Waals surface area contributed by atoms with E-state index in [4.69, 9.17) is 0 Å². The molecule has 2 aliphatic rings. The highest BCUT2D eigenvalue weighted by molar-refractivity contribution is 6.21. The zero-order valence-electron chi connectivity index (χ0n) is 16.6. The van der Waals surface area contributed by atoms with Gasteiger partial charge in [-0.3, -0.25) is 19.3 Å². The first kappa shape index (κ1) is 21.8. The molecule has 0 fully saturated rings. The van der Waals surface area contributed by atoms with Crippen molar-refractivity contribution in [1.82, 2.24) is 9.80 Å². The van der Waals surface area contributed by atoms with Gasteiger partial charge in [0.2, 0.25) is 5.41 Å². The van der Waals surface area contributed by atoms with Crippen molar-refractivity contribution in [3.05, 3.63) is 69.8 Å². The Morgan fingerprint density at radius 1 is 0.688 bits per heavy atom. The topological polar surface area (TPSA) is 57.7 Å². The summed E-state index contributed by atoms with van der Waals surface area (Å²) in [5.41, 5.74) is -7.64. The molecule has 5 nitrogen and oxygen atoms in total. The molecule has 32 heavy (non-hydrogen) atoms. The molecule has 2 aliphatic heterocycles. The van der Waals surface area contributed by atoms with Crippen LogP contribution in [0.25, 0.3) is 0 Å². The molecular weight excluding hydrogens is 442 g/mol. The number of amides is 3. The molecule has 0 unspecified atom stereocenters. The number of halogens is 6. The Bertz CT molecular complexity index is 1170. The third kappa shape index (κ3) is 2.69. The molecule has 2 aromatic rings. The summed E-state index contributed by atoms with van der Waals surface area (Å²) >= 11 is 0. The van der Waals surface area contributed by atoms with Gasteiger partial charge in [0.05, 0.1) is 11.1 Å². The van der Waals surface area contributed by atoms with Gasteiger partial charge in [-0.2, -0.15) is 26.3 Å². The summed E-state index contributed by atoms with van der Waals surface area (Å²) in [6.07, 6.45) is -11.7. The molecule has 2 aromatic carbocycles. The van der Waals surface area contributed by atoms with Gasteiger partial charge in [0, 0.05) is 26.2 Å². The van der Waals surface area contributed by atoms with Gasteiger partial charge >= 0.3 is 12.4 Å². The molecule has 0 aromatic heterocycles. The van der Waals surface area contributed by atoms with Crippen molar-refractivity contribution in [3.8, 4) is 0 Å². The molecule has 168 valence electrons. The standard InChI is InChI=1S/C21H14F6N2O3/c1-28-9-10-7-11(3-5-13(10)16(28)30)19(20(22,23)24,21(25,26)27)12-4-6-14-15(8-12)18(32)29(2)17(14)31/h3-8H,9H2,1-2H3. The van der Waals surface area contributed by atoms with E-state index in [9.17, 15) is 40.7 Å². The molecular formula is C21H14F6N2O3. The summed E-state index contributed by atoms with van der Waals surface area (Å²) in [5.74, 6) is -2.33. The molecule has 11 heteroatoms. The Kier molecular flexibility index (Phi) is 4.48. The number of benzene rings is 2. The van der Waals surface area contributed by atoms with Gasteiger partial charge in [-0.15, -0.1) is 0 Å². The van der Waals surface area contributed by atoms with Crippen LogP contribution in [0.5, 0.6) is 0 Å². The second-order valence-electron chi connectivity index (χ2n) is 7.71. The predicted molar refractivity (Wildman–Crippen MR) is 98.0 cm³/mol. The minimum Gasteiger partial charge on any atom is -0.337 e. The minimum absolute atomic E-state index is 0.0193. The van der Waals surface area contributed by atoms with Crippen LogP contribution in [0.4, 0.5) is 26.3 Å². The number of rotatable bonds is 2. The SMILES string of the molecule is CN1Cc2cc(C(c3ccc4c(c3)C(=O)N(C)C4=O)(C(F)(F)F)C(F)(F)F)ccc2C1=O. The normalized spacial score (nSPS) is 16.7. The maximum absolute atomic E-state index is 14.4. The second kappa shape index (κ2) is 6.57. The van der Waals surface area contributed by atoms with Crippen molar-refractivity contribution in [2.75, 3.05) is 14.1 Å². The predicted octanol–water partition coefficient (Wildman–Crippen LogP) is 3.91. The number of fused-ring (bicyclic) bond motifs is 2. The number of alkyl halides is 6. The average molecular weight is 456 g/mol. The molecule has 0 saturated carbocycles.